The van der Waals surface area contributed by atoms with Crippen LogP contribution in [0.25, 0.3) is 0 Å². The summed E-state index contributed by atoms with van der Waals surface area (Å²) in [7, 11) is -3.78. The topological polar surface area (TPSA) is 75.3 Å². The Hall–Kier alpha value is -0.930. The number of hydrogen-bond donors (Lipinski definition) is 2. The Kier molecular flexibility index (Phi) is 4.82. The van der Waals surface area contributed by atoms with E-state index in [2.05, 4.69) is 21.4 Å². The Morgan fingerprint density at radius 1 is 1.25 bits per heavy atom. The van der Waals surface area contributed by atoms with Crippen molar-refractivity contribution < 1.29 is 13.2 Å². The first-order valence-electron chi connectivity index (χ1n) is 5.21. The number of nitrogens with one attached hydrogen (secondary N) is 2. The summed E-state index contributed by atoms with van der Waals surface area (Å²) in [4.78, 5) is 13.8. The van der Waals surface area contributed by atoms with Crippen molar-refractivity contribution in [1.29, 1.82) is 0 Å². The van der Waals surface area contributed by atoms with E-state index in [-0.39, 0.29) is 9.77 Å². The number of hydrogen-bond acceptors (Lipinski definition) is 4. The average molecular weight is 396 g/mol. The highest BCUT2D eigenvalue weighted by molar-refractivity contribution is 9.11. The molecule has 0 unspecified atom stereocenters. The van der Waals surface area contributed by atoms with Gasteiger partial charge in [-0.2, -0.15) is 0 Å². The van der Waals surface area contributed by atoms with Crippen LogP contribution in [0, 0.1) is 0 Å². The van der Waals surface area contributed by atoms with Gasteiger partial charge in [-0.05, 0) is 46.3 Å². The molecule has 2 aromatic rings. The van der Waals surface area contributed by atoms with Gasteiger partial charge in [0.15, 0.2) is 0 Å². The van der Waals surface area contributed by atoms with Crippen LogP contribution in [0.4, 0.5) is 0 Å². The van der Waals surface area contributed by atoms with Gasteiger partial charge in [0, 0.05) is 10.6 Å². The minimum atomic E-state index is -3.78. The fourth-order valence-electron chi connectivity index (χ4n) is 1.31. The molecule has 0 aliphatic carbocycles. The zero-order valence-electron chi connectivity index (χ0n) is 9.76. The first-order chi connectivity index (χ1) is 9.38. The molecule has 0 saturated carbocycles. The molecule has 5 nitrogen and oxygen atoms in total. The maximum atomic E-state index is 11.9. The van der Waals surface area contributed by atoms with E-state index in [1.54, 1.807) is 18.2 Å². The van der Waals surface area contributed by atoms with E-state index in [0.717, 1.165) is 11.3 Å². The van der Waals surface area contributed by atoms with E-state index >= 15 is 0 Å². The van der Waals surface area contributed by atoms with Crippen LogP contribution in [0.2, 0.25) is 5.02 Å². The first kappa shape index (κ1) is 15.5. The van der Waals surface area contributed by atoms with Crippen LogP contribution in [-0.4, -0.2) is 14.3 Å². The van der Waals surface area contributed by atoms with Crippen molar-refractivity contribution in [3.8, 4) is 0 Å². The summed E-state index contributed by atoms with van der Waals surface area (Å²) in [5.74, 6) is -0.591. The van der Waals surface area contributed by atoms with E-state index in [1.807, 2.05) is 4.83 Å². The highest BCUT2D eigenvalue weighted by atomic mass is 79.9. The molecule has 0 aliphatic rings. The molecule has 0 aliphatic heterocycles. The van der Waals surface area contributed by atoms with Gasteiger partial charge in [0.25, 0.3) is 15.9 Å². The van der Waals surface area contributed by atoms with Gasteiger partial charge in [-0.15, -0.1) is 16.2 Å². The quantitative estimate of drug-likeness (QED) is 0.782. The summed E-state index contributed by atoms with van der Waals surface area (Å²) in [5.41, 5.74) is 2.39. The SMILES string of the molecule is O=C(NNS(=O)(=O)c1ccc(Br)s1)c1cccc(Cl)c1. The third kappa shape index (κ3) is 3.80. The van der Waals surface area contributed by atoms with Crippen molar-refractivity contribution in [3.05, 3.63) is 50.8 Å². The third-order valence-electron chi connectivity index (χ3n) is 2.20. The second kappa shape index (κ2) is 6.23. The van der Waals surface area contributed by atoms with Crippen molar-refractivity contribution in [2.45, 2.75) is 4.21 Å². The molecule has 1 aromatic carbocycles. The molecule has 20 heavy (non-hydrogen) atoms. The van der Waals surface area contributed by atoms with Gasteiger partial charge in [0.2, 0.25) is 0 Å². The molecule has 1 amide bonds. The average Bonchev–Trinajstić information content (AvgIpc) is 2.83. The van der Waals surface area contributed by atoms with E-state index in [4.69, 9.17) is 11.6 Å². The molecule has 1 aromatic heterocycles. The van der Waals surface area contributed by atoms with Crippen molar-refractivity contribution >= 4 is 54.8 Å². The lowest BCUT2D eigenvalue weighted by molar-refractivity contribution is 0.0945. The van der Waals surface area contributed by atoms with Crippen LogP contribution in [0.15, 0.2) is 44.4 Å². The Morgan fingerprint density at radius 3 is 2.60 bits per heavy atom. The van der Waals surface area contributed by atoms with Crippen molar-refractivity contribution in [2.24, 2.45) is 0 Å². The number of hydrazine groups is 1. The second-order valence-electron chi connectivity index (χ2n) is 3.63. The molecule has 106 valence electrons. The molecule has 0 atom stereocenters. The summed E-state index contributed by atoms with van der Waals surface area (Å²) < 4.78 is 24.5. The molecule has 2 rings (SSSR count). The third-order valence-corrected chi connectivity index (χ3v) is 5.80. The number of thiophene rings is 1. The van der Waals surface area contributed by atoms with E-state index in [0.29, 0.717) is 8.81 Å². The van der Waals surface area contributed by atoms with Crippen molar-refractivity contribution in [2.75, 3.05) is 0 Å². The molecule has 0 fully saturated rings. The molecular formula is C11H8BrClN2O3S2. The Bertz CT molecular complexity index is 746. The van der Waals surface area contributed by atoms with Gasteiger partial charge >= 0.3 is 0 Å². The van der Waals surface area contributed by atoms with Crippen LogP contribution >= 0.6 is 38.9 Å². The van der Waals surface area contributed by atoms with Gasteiger partial charge < -0.3 is 0 Å². The van der Waals surface area contributed by atoms with Crippen LogP contribution in [0.5, 0.6) is 0 Å². The minimum Gasteiger partial charge on any atom is -0.273 e. The molecule has 0 radical (unpaired) electrons. The molecule has 9 heteroatoms. The predicted molar refractivity (Wildman–Crippen MR) is 81.3 cm³/mol. The van der Waals surface area contributed by atoms with Gasteiger partial charge in [0.05, 0.1) is 3.79 Å². The molecular weight excluding hydrogens is 388 g/mol. The van der Waals surface area contributed by atoms with Crippen LogP contribution < -0.4 is 10.3 Å². The number of carbonyl (C=O) groups excluding carboxylic acids is 1. The maximum absolute atomic E-state index is 11.9. The second-order valence-corrected chi connectivity index (χ2v) is 8.44. The fraction of sp³-hybridized carbons (Fsp3) is 0. The maximum Gasteiger partial charge on any atom is 0.266 e. The van der Waals surface area contributed by atoms with E-state index < -0.39 is 15.9 Å². The number of amides is 1. The monoisotopic (exact) mass is 394 g/mol. The lowest BCUT2D eigenvalue weighted by Gasteiger charge is -2.07. The number of carbonyl (C=O) groups is 1. The van der Waals surface area contributed by atoms with Crippen molar-refractivity contribution in [3.63, 3.8) is 0 Å². The van der Waals surface area contributed by atoms with Gasteiger partial charge in [-0.3, -0.25) is 10.2 Å². The van der Waals surface area contributed by atoms with E-state index in [1.165, 1.54) is 18.2 Å². The fourth-order valence-corrected chi connectivity index (χ4v) is 4.35. The molecule has 0 saturated heterocycles. The predicted octanol–water partition coefficient (Wildman–Crippen LogP) is 2.79. The van der Waals surface area contributed by atoms with Crippen molar-refractivity contribution in [1.82, 2.24) is 10.3 Å². The summed E-state index contributed by atoms with van der Waals surface area (Å²) in [6.07, 6.45) is 0. The summed E-state index contributed by atoms with van der Waals surface area (Å²) in [6, 6.07) is 9.22. The molecule has 1 heterocycles. The Labute approximate surface area is 133 Å². The number of halogens is 2. The van der Waals surface area contributed by atoms with E-state index in [9.17, 15) is 13.2 Å². The molecule has 0 spiro atoms. The highest BCUT2D eigenvalue weighted by Gasteiger charge is 2.17. The first-order valence-corrected chi connectivity index (χ1v) is 8.68. The van der Waals surface area contributed by atoms with Crippen LogP contribution in [0.1, 0.15) is 10.4 Å². The number of rotatable bonds is 4. The van der Waals surface area contributed by atoms with Crippen LogP contribution in [-0.2, 0) is 10.0 Å². The molecule has 0 bridgehead atoms. The lowest BCUT2D eigenvalue weighted by Crippen LogP contribution is -2.41. The summed E-state index contributed by atoms with van der Waals surface area (Å²) in [6.45, 7) is 0. The normalized spacial score (nSPS) is 11.3. The Morgan fingerprint density at radius 2 is 2.00 bits per heavy atom. The number of benzene rings is 1. The van der Waals surface area contributed by atoms with Crippen LogP contribution in [0.3, 0.4) is 0 Å². The smallest absolute Gasteiger partial charge is 0.266 e. The molecule has 2 N–H and O–H groups in total. The zero-order chi connectivity index (χ0) is 14.8. The highest BCUT2D eigenvalue weighted by Crippen LogP contribution is 2.25. The van der Waals surface area contributed by atoms with Gasteiger partial charge in [0.1, 0.15) is 4.21 Å². The van der Waals surface area contributed by atoms with Gasteiger partial charge in [-0.25, -0.2) is 8.42 Å². The lowest BCUT2D eigenvalue weighted by atomic mass is 10.2. The summed E-state index contributed by atoms with van der Waals surface area (Å²) in [5, 5.41) is 0.391. The largest absolute Gasteiger partial charge is 0.273 e. The minimum absolute atomic E-state index is 0.0933. The number of sulfonamides is 1. The zero-order valence-corrected chi connectivity index (χ0v) is 13.7. The Balaban J connectivity index is 2.07. The summed E-state index contributed by atoms with van der Waals surface area (Å²) >= 11 is 9.97. The van der Waals surface area contributed by atoms with Gasteiger partial charge in [-0.1, -0.05) is 17.7 Å². The standard InChI is InChI=1S/C11H8BrClN2O3S2/c12-9-4-5-10(19-9)20(17,18)15-14-11(16)7-2-1-3-8(13)6-7/h1-6,15H,(H,14,16).